The molecule has 0 bridgehead atoms. The predicted molar refractivity (Wildman–Crippen MR) is 39.7 cm³/mol. The average Bonchev–Trinajstić information content (AvgIpc) is 2.59. The molecule has 0 radical (unpaired) electrons. The summed E-state index contributed by atoms with van der Waals surface area (Å²) in [7, 11) is 0. The molecule has 10 heavy (non-hydrogen) atoms. The van der Waals surface area contributed by atoms with Crippen LogP contribution in [-0.2, 0) is 0 Å². The van der Waals surface area contributed by atoms with E-state index in [1.54, 1.807) is 12.4 Å². The molecule has 2 aromatic heterocycles. The minimum absolute atomic E-state index is 1.03. The molecular formula is C6H5N3S. The van der Waals surface area contributed by atoms with Crippen molar-refractivity contribution < 1.29 is 0 Å². The zero-order valence-corrected chi connectivity index (χ0v) is 5.93. The molecule has 0 aliphatic rings. The lowest BCUT2D eigenvalue weighted by atomic mass is 10.4. The zero-order valence-electron chi connectivity index (χ0n) is 5.11. The van der Waals surface area contributed by atoms with E-state index in [1.807, 2.05) is 12.1 Å². The second kappa shape index (κ2) is 2.22. The number of H-pyrrole nitrogens is 1. The SMILES string of the molecule is c1cc(-c2ccns2)[nH]n1. The van der Waals surface area contributed by atoms with E-state index in [-0.39, 0.29) is 0 Å². The molecule has 0 aliphatic heterocycles. The topological polar surface area (TPSA) is 41.6 Å². The molecule has 4 heteroatoms. The smallest absolute Gasteiger partial charge is 0.0766 e. The first-order valence-electron chi connectivity index (χ1n) is 2.87. The van der Waals surface area contributed by atoms with E-state index in [2.05, 4.69) is 14.6 Å². The lowest BCUT2D eigenvalue weighted by Gasteiger charge is -1.83. The Morgan fingerprint density at radius 3 is 2.90 bits per heavy atom. The molecule has 0 amide bonds. The second-order valence-electron chi connectivity index (χ2n) is 1.85. The van der Waals surface area contributed by atoms with Gasteiger partial charge in [0.25, 0.3) is 0 Å². The van der Waals surface area contributed by atoms with Gasteiger partial charge >= 0.3 is 0 Å². The molecule has 1 N–H and O–H groups in total. The average molecular weight is 151 g/mol. The van der Waals surface area contributed by atoms with Gasteiger partial charge in [0, 0.05) is 12.4 Å². The minimum atomic E-state index is 1.03. The number of nitrogens with one attached hydrogen (secondary N) is 1. The molecule has 2 heterocycles. The van der Waals surface area contributed by atoms with Gasteiger partial charge in [-0.3, -0.25) is 5.10 Å². The molecule has 2 aromatic rings. The normalized spacial score (nSPS) is 10.0. The summed E-state index contributed by atoms with van der Waals surface area (Å²) in [5.41, 5.74) is 1.03. The molecule has 0 aromatic carbocycles. The third kappa shape index (κ3) is 0.823. The van der Waals surface area contributed by atoms with Crippen molar-refractivity contribution in [3.8, 4) is 10.6 Å². The Labute approximate surface area is 61.9 Å². The Hall–Kier alpha value is -1.16. The summed E-state index contributed by atoms with van der Waals surface area (Å²) >= 11 is 1.46. The maximum absolute atomic E-state index is 3.97. The van der Waals surface area contributed by atoms with Crippen LogP contribution in [-0.4, -0.2) is 14.6 Å². The Bertz CT molecular complexity index is 252. The fourth-order valence-corrected chi connectivity index (χ4v) is 1.32. The van der Waals surface area contributed by atoms with Crippen LogP contribution in [0.1, 0.15) is 0 Å². The van der Waals surface area contributed by atoms with Crippen molar-refractivity contribution in [1.29, 1.82) is 0 Å². The van der Waals surface area contributed by atoms with Gasteiger partial charge in [-0.15, -0.1) is 0 Å². The van der Waals surface area contributed by atoms with Gasteiger partial charge in [0.1, 0.15) is 0 Å². The molecule has 0 aliphatic carbocycles. The molecule has 0 saturated carbocycles. The van der Waals surface area contributed by atoms with Gasteiger partial charge in [-0.25, -0.2) is 4.37 Å². The Kier molecular flexibility index (Phi) is 1.25. The van der Waals surface area contributed by atoms with Crippen molar-refractivity contribution in [3.05, 3.63) is 24.5 Å². The van der Waals surface area contributed by atoms with Crippen LogP contribution < -0.4 is 0 Å². The van der Waals surface area contributed by atoms with Gasteiger partial charge < -0.3 is 0 Å². The minimum Gasteiger partial charge on any atom is -0.277 e. The highest BCUT2D eigenvalue weighted by atomic mass is 32.1. The Morgan fingerprint density at radius 1 is 1.30 bits per heavy atom. The first kappa shape index (κ1) is 5.61. The van der Waals surface area contributed by atoms with Crippen molar-refractivity contribution >= 4 is 11.5 Å². The molecule has 0 saturated heterocycles. The number of aromatic amines is 1. The number of nitrogens with zero attached hydrogens (tertiary/aromatic N) is 2. The quantitative estimate of drug-likeness (QED) is 0.671. The zero-order chi connectivity index (χ0) is 6.81. The van der Waals surface area contributed by atoms with Crippen LogP contribution in [0.2, 0.25) is 0 Å². The third-order valence-corrected chi connectivity index (χ3v) is 1.98. The Morgan fingerprint density at radius 2 is 2.30 bits per heavy atom. The van der Waals surface area contributed by atoms with E-state index < -0.39 is 0 Å². The molecule has 0 fully saturated rings. The number of rotatable bonds is 1. The highest BCUT2D eigenvalue weighted by Gasteiger charge is 1.97. The summed E-state index contributed by atoms with van der Waals surface area (Å²) in [6.45, 7) is 0. The van der Waals surface area contributed by atoms with Gasteiger partial charge in [-0.1, -0.05) is 0 Å². The Balaban J connectivity index is 2.48. The van der Waals surface area contributed by atoms with Crippen LogP contribution in [0.3, 0.4) is 0 Å². The molecule has 2 rings (SSSR count). The van der Waals surface area contributed by atoms with E-state index in [1.165, 1.54) is 11.5 Å². The first-order valence-corrected chi connectivity index (χ1v) is 3.64. The fraction of sp³-hybridized carbons (Fsp3) is 0. The summed E-state index contributed by atoms with van der Waals surface area (Å²) in [4.78, 5) is 1.12. The highest BCUT2D eigenvalue weighted by molar-refractivity contribution is 7.09. The number of aromatic nitrogens is 3. The van der Waals surface area contributed by atoms with E-state index in [0.717, 1.165) is 10.6 Å². The number of hydrogen-bond donors (Lipinski definition) is 1. The largest absolute Gasteiger partial charge is 0.277 e. The fourth-order valence-electron chi connectivity index (χ4n) is 0.748. The van der Waals surface area contributed by atoms with Gasteiger partial charge in [0.15, 0.2) is 0 Å². The first-order chi connectivity index (χ1) is 4.97. The molecule has 3 nitrogen and oxygen atoms in total. The maximum atomic E-state index is 3.97. The van der Waals surface area contributed by atoms with Crippen molar-refractivity contribution in [1.82, 2.24) is 14.6 Å². The molecule has 0 atom stereocenters. The van der Waals surface area contributed by atoms with Crippen LogP contribution in [0, 0.1) is 0 Å². The lowest BCUT2D eigenvalue weighted by Crippen LogP contribution is -1.69. The van der Waals surface area contributed by atoms with Crippen molar-refractivity contribution in [3.63, 3.8) is 0 Å². The van der Waals surface area contributed by atoms with Crippen molar-refractivity contribution in [2.75, 3.05) is 0 Å². The highest BCUT2D eigenvalue weighted by Crippen LogP contribution is 2.18. The van der Waals surface area contributed by atoms with Crippen LogP contribution in [0.4, 0.5) is 0 Å². The second-order valence-corrected chi connectivity index (χ2v) is 2.68. The van der Waals surface area contributed by atoms with E-state index in [0.29, 0.717) is 0 Å². The van der Waals surface area contributed by atoms with Crippen molar-refractivity contribution in [2.24, 2.45) is 0 Å². The monoisotopic (exact) mass is 151 g/mol. The molecule has 0 spiro atoms. The van der Waals surface area contributed by atoms with Crippen LogP contribution in [0.25, 0.3) is 10.6 Å². The van der Waals surface area contributed by atoms with Gasteiger partial charge in [0.05, 0.1) is 10.6 Å². The third-order valence-electron chi connectivity index (χ3n) is 1.20. The maximum Gasteiger partial charge on any atom is 0.0766 e. The van der Waals surface area contributed by atoms with E-state index in [9.17, 15) is 0 Å². The predicted octanol–water partition coefficient (Wildman–Crippen LogP) is 1.53. The van der Waals surface area contributed by atoms with Crippen LogP contribution >= 0.6 is 11.5 Å². The van der Waals surface area contributed by atoms with Crippen molar-refractivity contribution in [2.45, 2.75) is 0 Å². The summed E-state index contributed by atoms with van der Waals surface area (Å²) in [5, 5.41) is 6.69. The lowest BCUT2D eigenvalue weighted by molar-refractivity contribution is 1.10. The standard InChI is InChI=1S/C6H5N3S/c1-3-7-9-5(1)6-2-4-8-10-6/h1-4H,(H,7,9). The van der Waals surface area contributed by atoms with E-state index in [4.69, 9.17) is 0 Å². The van der Waals surface area contributed by atoms with E-state index >= 15 is 0 Å². The van der Waals surface area contributed by atoms with Gasteiger partial charge in [-0.05, 0) is 23.7 Å². The molecular weight excluding hydrogens is 146 g/mol. The molecule has 50 valence electrons. The number of hydrogen-bond acceptors (Lipinski definition) is 3. The van der Waals surface area contributed by atoms with Crippen LogP contribution in [0.15, 0.2) is 24.5 Å². The summed E-state index contributed by atoms with van der Waals surface area (Å²) in [6.07, 6.45) is 3.51. The summed E-state index contributed by atoms with van der Waals surface area (Å²) < 4.78 is 3.97. The van der Waals surface area contributed by atoms with Crippen LogP contribution in [0.5, 0.6) is 0 Å². The summed E-state index contributed by atoms with van der Waals surface area (Å²) in [6, 6.07) is 3.88. The van der Waals surface area contributed by atoms with Gasteiger partial charge in [0.2, 0.25) is 0 Å². The summed E-state index contributed by atoms with van der Waals surface area (Å²) in [5.74, 6) is 0. The van der Waals surface area contributed by atoms with Gasteiger partial charge in [-0.2, -0.15) is 5.10 Å². The molecule has 0 unspecified atom stereocenters.